The lowest BCUT2D eigenvalue weighted by Gasteiger charge is -2.07. The summed E-state index contributed by atoms with van der Waals surface area (Å²) in [6.07, 6.45) is 0. The summed E-state index contributed by atoms with van der Waals surface area (Å²) in [6, 6.07) is 5.20. The molecule has 1 saturated carbocycles. The first kappa shape index (κ1) is 15.4. The van der Waals surface area contributed by atoms with Gasteiger partial charge in [0.25, 0.3) is 5.69 Å². The average molecular weight is 341 g/mol. The summed E-state index contributed by atoms with van der Waals surface area (Å²) in [5.41, 5.74) is 1.58. The molecule has 0 radical (unpaired) electrons. The Hall–Kier alpha value is -0.940. The van der Waals surface area contributed by atoms with Gasteiger partial charge in [0.2, 0.25) is 0 Å². The van der Waals surface area contributed by atoms with Crippen LogP contribution in [0.3, 0.4) is 0 Å². The SMILES string of the molecule is CC1(C)C(CNCc2ccc(Br)cc2[N+](=O)[O-])C1(C)C. The number of nitrogens with one attached hydrogen (secondary N) is 1. The zero-order chi connectivity index (χ0) is 15.1. The molecule has 0 amide bonds. The molecule has 110 valence electrons. The second-order valence-corrected chi connectivity index (χ2v) is 7.57. The van der Waals surface area contributed by atoms with Crippen LogP contribution in [0.5, 0.6) is 0 Å². The van der Waals surface area contributed by atoms with Crippen molar-refractivity contribution in [3.63, 3.8) is 0 Å². The zero-order valence-corrected chi connectivity index (χ0v) is 14.0. The van der Waals surface area contributed by atoms with Crippen molar-refractivity contribution in [1.82, 2.24) is 5.32 Å². The van der Waals surface area contributed by atoms with Gasteiger partial charge in [-0.1, -0.05) is 43.6 Å². The second kappa shape index (κ2) is 5.11. The highest BCUT2D eigenvalue weighted by Gasteiger charge is 2.63. The molecular formula is C15H21BrN2O2. The molecule has 0 unspecified atom stereocenters. The summed E-state index contributed by atoms with van der Waals surface area (Å²) in [7, 11) is 0. The molecule has 0 bridgehead atoms. The maximum atomic E-state index is 11.0. The van der Waals surface area contributed by atoms with Crippen LogP contribution in [0, 0.1) is 26.9 Å². The lowest BCUT2D eigenvalue weighted by molar-refractivity contribution is -0.385. The van der Waals surface area contributed by atoms with Gasteiger partial charge in [-0.15, -0.1) is 0 Å². The maximum Gasteiger partial charge on any atom is 0.275 e. The highest BCUT2D eigenvalue weighted by atomic mass is 79.9. The quantitative estimate of drug-likeness (QED) is 0.647. The van der Waals surface area contributed by atoms with Crippen LogP contribution in [0.4, 0.5) is 5.69 Å². The van der Waals surface area contributed by atoms with Crippen LogP contribution in [0.2, 0.25) is 0 Å². The van der Waals surface area contributed by atoms with E-state index in [2.05, 4.69) is 48.9 Å². The van der Waals surface area contributed by atoms with Gasteiger partial charge in [0.1, 0.15) is 0 Å². The number of nitro groups is 1. The average Bonchev–Trinajstić information content (AvgIpc) is 2.72. The highest BCUT2D eigenvalue weighted by molar-refractivity contribution is 9.10. The zero-order valence-electron chi connectivity index (χ0n) is 12.4. The van der Waals surface area contributed by atoms with Crippen LogP contribution in [0.1, 0.15) is 33.3 Å². The van der Waals surface area contributed by atoms with E-state index in [4.69, 9.17) is 0 Å². The topological polar surface area (TPSA) is 55.2 Å². The Kier molecular flexibility index (Phi) is 3.95. The van der Waals surface area contributed by atoms with Crippen molar-refractivity contribution in [2.24, 2.45) is 16.7 Å². The van der Waals surface area contributed by atoms with Crippen LogP contribution < -0.4 is 5.32 Å². The van der Waals surface area contributed by atoms with E-state index in [1.54, 1.807) is 12.1 Å². The lowest BCUT2D eigenvalue weighted by Crippen LogP contribution is -2.19. The molecule has 4 nitrogen and oxygen atoms in total. The number of nitrogens with zero attached hydrogens (tertiary/aromatic N) is 1. The van der Waals surface area contributed by atoms with Crippen LogP contribution in [0.15, 0.2) is 22.7 Å². The Bertz CT molecular complexity index is 527. The molecule has 1 fully saturated rings. The van der Waals surface area contributed by atoms with E-state index in [9.17, 15) is 10.1 Å². The summed E-state index contributed by atoms with van der Waals surface area (Å²) in [4.78, 5) is 10.7. The van der Waals surface area contributed by atoms with E-state index >= 15 is 0 Å². The minimum absolute atomic E-state index is 0.168. The Balaban J connectivity index is 1.98. The summed E-state index contributed by atoms with van der Waals surface area (Å²) >= 11 is 3.27. The number of rotatable bonds is 5. The minimum atomic E-state index is -0.327. The Morgan fingerprint density at radius 1 is 1.30 bits per heavy atom. The van der Waals surface area contributed by atoms with Crippen molar-refractivity contribution in [1.29, 1.82) is 0 Å². The van der Waals surface area contributed by atoms with Crippen molar-refractivity contribution >= 4 is 21.6 Å². The molecule has 0 aliphatic heterocycles. The van der Waals surface area contributed by atoms with Crippen molar-refractivity contribution in [2.45, 2.75) is 34.2 Å². The fourth-order valence-corrected chi connectivity index (χ4v) is 3.40. The van der Waals surface area contributed by atoms with Gasteiger partial charge in [-0.2, -0.15) is 0 Å². The standard InChI is InChI=1S/C15H21BrN2O2/c1-14(2)13(15(14,3)4)9-17-8-10-5-6-11(16)7-12(10)18(19)20/h5-7,13,17H,8-9H2,1-4H3. The van der Waals surface area contributed by atoms with E-state index in [-0.39, 0.29) is 10.6 Å². The summed E-state index contributed by atoms with van der Waals surface area (Å²) in [6.45, 7) is 10.5. The molecule has 1 aromatic carbocycles. The van der Waals surface area contributed by atoms with Crippen molar-refractivity contribution in [3.8, 4) is 0 Å². The van der Waals surface area contributed by atoms with Gasteiger partial charge in [0.05, 0.1) is 4.92 Å². The normalized spacial score (nSPS) is 19.9. The van der Waals surface area contributed by atoms with E-state index in [0.29, 0.717) is 23.3 Å². The molecule has 1 aromatic rings. The van der Waals surface area contributed by atoms with Crippen molar-refractivity contribution in [3.05, 3.63) is 38.3 Å². The van der Waals surface area contributed by atoms with Crippen LogP contribution in [-0.2, 0) is 6.54 Å². The fraction of sp³-hybridized carbons (Fsp3) is 0.600. The first-order valence-corrected chi connectivity index (χ1v) is 7.61. The van der Waals surface area contributed by atoms with Gasteiger partial charge in [-0.25, -0.2) is 0 Å². The largest absolute Gasteiger partial charge is 0.312 e. The summed E-state index contributed by atoms with van der Waals surface area (Å²) in [5.74, 6) is 0.615. The first-order chi connectivity index (χ1) is 9.18. The second-order valence-electron chi connectivity index (χ2n) is 6.66. The maximum absolute atomic E-state index is 11.0. The van der Waals surface area contributed by atoms with Gasteiger partial charge in [-0.05, 0) is 35.4 Å². The number of benzene rings is 1. The highest BCUT2D eigenvalue weighted by Crippen LogP contribution is 2.67. The molecule has 5 heteroatoms. The molecule has 0 aromatic heterocycles. The van der Waals surface area contributed by atoms with E-state index < -0.39 is 0 Å². The van der Waals surface area contributed by atoms with E-state index in [1.807, 2.05) is 6.07 Å². The molecule has 0 heterocycles. The Morgan fingerprint density at radius 3 is 2.40 bits per heavy atom. The predicted octanol–water partition coefficient (Wildman–Crippen LogP) is 4.13. The smallest absolute Gasteiger partial charge is 0.275 e. The predicted molar refractivity (Wildman–Crippen MR) is 83.6 cm³/mol. The first-order valence-electron chi connectivity index (χ1n) is 6.81. The number of nitro benzene ring substituents is 1. The van der Waals surface area contributed by atoms with Gasteiger partial charge in [-0.3, -0.25) is 10.1 Å². The van der Waals surface area contributed by atoms with Gasteiger partial charge < -0.3 is 5.32 Å². The van der Waals surface area contributed by atoms with Gasteiger partial charge in [0.15, 0.2) is 0 Å². The molecule has 20 heavy (non-hydrogen) atoms. The molecular weight excluding hydrogens is 320 g/mol. The molecule has 1 aliphatic rings. The fourth-order valence-electron chi connectivity index (χ4n) is 3.05. The minimum Gasteiger partial charge on any atom is -0.312 e. The molecule has 0 atom stereocenters. The third kappa shape index (κ3) is 2.61. The summed E-state index contributed by atoms with van der Waals surface area (Å²) < 4.78 is 0.734. The number of hydrogen-bond donors (Lipinski definition) is 1. The molecule has 1 N–H and O–H groups in total. The third-order valence-electron chi connectivity index (χ3n) is 5.23. The van der Waals surface area contributed by atoms with Gasteiger partial charge >= 0.3 is 0 Å². The lowest BCUT2D eigenvalue weighted by atomic mass is 10.0. The monoisotopic (exact) mass is 340 g/mol. The number of halogens is 1. The Labute approximate surface area is 128 Å². The van der Waals surface area contributed by atoms with Gasteiger partial charge in [0, 0.05) is 22.6 Å². The Morgan fingerprint density at radius 2 is 1.90 bits per heavy atom. The molecule has 0 saturated heterocycles. The van der Waals surface area contributed by atoms with Crippen LogP contribution in [-0.4, -0.2) is 11.5 Å². The van der Waals surface area contributed by atoms with E-state index in [0.717, 1.165) is 16.6 Å². The van der Waals surface area contributed by atoms with Crippen LogP contribution >= 0.6 is 15.9 Å². The summed E-state index contributed by atoms with van der Waals surface area (Å²) in [5, 5.41) is 14.4. The number of hydrogen-bond acceptors (Lipinski definition) is 3. The molecule has 0 spiro atoms. The van der Waals surface area contributed by atoms with Crippen molar-refractivity contribution < 1.29 is 4.92 Å². The van der Waals surface area contributed by atoms with Crippen LogP contribution in [0.25, 0.3) is 0 Å². The molecule has 1 aliphatic carbocycles. The molecule has 2 rings (SSSR count). The third-order valence-corrected chi connectivity index (χ3v) is 5.72. The van der Waals surface area contributed by atoms with Crippen molar-refractivity contribution in [2.75, 3.05) is 6.54 Å². The van der Waals surface area contributed by atoms with E-state index in [1.165, 1.54) is 0 Å².